The number of hydrogen-bond donors (Lipinski definition) is 0. The Morgan fingerprint density at radius 1 is 1.11 bits per heavy atom. The fourth-order valence-corrected chi connectivity index (χ4v) is 1.26. The number of diazo groups is 1. The topological polar surface area (TPSA) is 28.1 Å². The molecule has 0 bridgehead atoms. The largest absolute Gasteiger partial charge is 0.673 e. The van der Waals surface area contributed by atoms with Crippen LogP contribution in [0.2, 0.25) is 0 Å². The van der Waals surface area contributed by atoms with Crippen molar-refractivity contribution in [3.8, 4) is 0 Å². The molecule has 0 unspecified atom stereocenters. The van der Waals surface area contributed by atoms with Crippen LogP contribution in [0.5, 0.6) is 0 Å². The van der Waals surface area contributed by atoms with Crippen LogP contribution in [0.1, 0.15) is 5.56 Å². The summed E-state index contributed by atoms with van der Waals surface area (Å²) in [5.41, 5.74) is -0.988. The van der Waals surface area contributed by atoms with E-state index < -0.39 is 19.0 Å². The molecule has 100 valence electrons. The highest BCUT2D eigenvalue weighted by Crippen LogP contribution is 2.36. The van der Waals surface area contributed by atoms with Crippen molar-refractivity contribution in [2.75, 3.05) is 0 Å². The number of hydrogen-bond acceptors (Lipinski definition) is 1. The smallest absolute Gasteiger partial charge is 0.418 e. The van der Waals surface area contributed by atoms with Gasteiger partial charge < -0.3 is 17.3 Å². The van der Waals surface area contributed by atoms with E-state index in [0.29, 0.717) is 0 Å². The molecule has 1 rings (SSSR count). The van der Waals surface area contributed by atoms with E-state index in [4.69, 9.17) is 5.39 Å². The van der Waals surface area contributed by atoms with Crippen LogP contribution in [-0.4, -0.2) is 7.25 Å². The summed E-state index contributed by atoms with van der Waals surface area (Å²) >= 11 is 2.75. The van der Waals surface area contributed by atoms with Gasteiger partial charge in [-0.15, -0.1) is 0 Å². The maximum absolute atomic E-state index is 12.2. The predicted molar refractivity (Wildman–Crippen MR) is 54.1 cm³/mol. The molecule has 0 aliphatic heterocycles. The second kappa shape index (κ2) is 6.04. The third-order valence-corrected chi connectivity index (χ3v) is 2.06. The summed E-state index contributed by atoms with van der Waals surface area (Å²) in [6.45, 7) is 0. The molecule has 0 saturated carbocycles. The zero-order chi connectivity index (χ0) is 14.6. The van der Waals surface area contributed by atoms with Gasteiger partial charge in [-0.2, -0.15) is 13.2 Å². The van der Waals surface area contributed by atoms with Gasteiger partial charge in [0.1, 0.15) is 0 Å². The molecule has 0 spiro atoms. The molecular weight excluding hydrogens is 336 g/mol. The zero-order valence-corrected chi connectivity index (χ0v) is 9.81. The monoisotopic (exact) mass is 338 g/mol. The zero-order valence-electron chi connectivity index (χ0n) is 8.23. The molecule has 18 heavy (non-hydrogen) atoms. The lowest BCUT2D eigenvalue weighted by Gasteiger charge is -2.06. The van der Waals surface area contributed by atoms with Gasteiger partial charge in [0.25, 0.3) is 0 Å². The second-order valence-corrected chi connectivity index (χ2v) is 3.61. The Balaban J connectivity index is 0.000000494. The fraction of sp³-hybridized carbons (Fsp3) is 0.143. The highest BCUT2D eigenvalue weighted by molar-refractivity contribution is 9.10. The number of rotatable bonds is 0. The lowest BCUT2D eigenvalue weighted by molar-refractivity contribution is -0.138. The molecule has 0 aromatic heterocycles. The van der Waals surface area contributed by atoms with Crippen LogP contribution < -0.4 is 0 Å². The van der Waals surface area contributed by atoms with Crippen molar-refractivity contribution < 1.29 is 30.4 Å². The standard InChI is InChI=1S/C7H3BrF3N2.BF4/c8-6-2-1-4(13-12)3-5(6)7(9,10)11;2-1(3,4)5/h1-3H;/q+1;-1. The van der Waals surface area contributed by atoms with Crippen LogP contribution in [0.4, 0.5) is 36.1 Å². The molecule has 0 amide bonds. The maximum Gasteiger partial charge on any atom is 0.673 e. The van der Waals surface area contributed by atoms with Crippen molar-refractivity contribution in [1.29, 1.82) is 5.39 Å². The van der Waals surface area contributed by atoms with Gasteiger partial charge >= 0.3 is 19.1 Å². The SMILES string of the molecule is F[B-](F)(F)F.N#[N+]c1ccc(Br)c(C(F)(F)F)c1. The van der Waals surface area contributed by atoms with Crippen molar-refractivity contribution in [2.24, 2.45) is 0 Å². The highest BCUT2D eigenvalue weighted by Gasteiger charge is 2.34. The average molecular weight is 339 g/mol. The van der Waals surface area contributed by atoms with E-state index in [-0.39, 0.29) is 10.2 Å². The molecule has 1 aromatic carbocycles. The van der Waals surface area contributed by atoms with Gasteiger partial charge in [0.15, 0.2) is 4.98 Å². The molecule has 0 aliphatic carbocycles. The average Bonchev–Trinajstić information content (AvgIpc) is 2.14. The van der Waals surface area contributed by atoms with Crippen LogP contribution in [0.25, 0.3) is 4.98 Å². The summed E-state index contributed by atoms with van der Waals surface area (Å²) in [5.74, 6) is 0. The first-order valence-electron chi connectivity index (χ1n) is 4.04. The number of halogens is 8. The normalized spacial score (nSPS) is 11.3. The predicted octanol–water partition coefficient (Wildman–Crippen LogP) is 5.25. The molecule has 11 heteroatoms. The Kier molecular flexibility index (Phi) is 5.60. The van der Waals surface area contributed by atoms with E-state index in [1.807, 2.05) is 0 Å². The number of alkyl halides is 3. The van der Waals surface area contributed by atoms with E-state index in [0.717, 1.165) is 6.07 Å². The second-order valence-electron chi connectivity index (χ2n) is 2.76. The van der Waals surface area contributed by atoms with E-state index >= 15 is 0 Å². The van der Waals surface area contributed by atoms with Gasteiger partial charge in [0.05, 0.1) is 5.56 Å². The van der Waals surface area contributed by atoms with Crippen molar-refractivity contribution in [2.45, 2.75) is 6.18 Å². The minimum absolute atomic E-state index is 0.0765. The molecule has 0 heterocycles. The Morgan fingerprint density at radius 3 is 1.89 bits per heavy atom. The number of benzene rings is 1. The molecule has 2 nitrogen and oxygen atoms in total. The summed E-state index contributed by atoms with van der Waals surface area (Å²) in [6, 6.07) is 3.20. The summed E-state index contributed by atoms with van der Waals surface area (Å²) < 4.78 is 75.6. The third-order valence-electron chi connectivity index (χ3n) is 1.37. The van der Waals surface area contributed by atoms with E-state index in [2.05, 4.69) is 20.9 Å². The molecule has 0 N–H and O–H groups in total. The summed E-state index contributed by atoms with van der Waals surface area (Å²) in [4.78, 5) is 2.66. The summed E-state index contributed by atoms with van der Waals surface area (Å²) in [5, 5.41) is 8.26. The first-order chi connectivity index (χ1) is 7.95. The van der Waals surface area contributed by atoms with Crippen LogP contribution in [0.15, 0.2) is 22.7 Å². The Morgan fingerprint density at radius 2 is 1.56 bits per heavy atom. The van der Waals surface area contributed by atoms with Gasteiger partial charge in [-0.3, -0.25) is 0 Å². The molecule has 1 aromatic rings. The van der Waals surface area contributed by atoms with Gasteiger partial charge in [-0.1, -0.05) is 15.9 Å². The van der Waals surface area contributed by atoms with Crippen molar-refractivity contribution >= 4 is 28.9 Å². The molecule has 0 radical (unpaired) electrons. The van der Waals surface area contributed by atoms with Crippen LogP contribution in [0.3, 0.4) is 0 Å². The Hall–Kier alpha value is -1.31. The fourth-order valence-electron chi connectivity index (χ4n) is 0.793. The van der Waals surface area contributed by atoms with Gasteiger partial charge in [-0.05, 0) is 6.07 Å². The van der Waals surface area contributed by atoms with Crippen molar-refractivity contribution in [3.63, 3.8) is 0 Å². The maximum atomic E-state index is 12.2. The van der Waals surface area contributed by atoms with Gasteiger partial charge in [0.2, 0.25) is 5.39 Å². The first-order valence-corrected chi connectivity index (χ1v) is 4.83. The van der Waals surface area contributed by atoms with Gasteiger partial charge in [-0.25, -0.2) is 0 Å². The lowest BCUT2D eigenvalue weighted by atomic mass is 10.2. The van der Waals surface area contributed by atoms with E-state index in [9.17, 15) is 30.4 Å². The summed E-state index contributed by atoms with van der Waals surface area (Å²) in [7, 11) is -6.00. The van der Waals surface area contributed by atoms with E-state index in [1.54, 1.807) is 0 Å². The molecular formula is C7H3BBrF7N2. The first kappa shape index (κ1) is 16.7. The Bertz CT molecular complexity index is 445. The van der Waals surface area contributed by atoms with Gasteiger partial charge in [0, 0.05) is 16.6 Å². The van der Waals surface area contributed by atoms with E-state index in [1.165, 1.54) is 12.1 Å². The van der Waals surface area contributed by atoms with Crippen molar-refractivity contribution in [3.05, 3.63) is 33.2 Å². The number of nitrogens with zero attached hydrogens (tertiary/aromatic N) is 2. The Labute approximate surface area is 105 Å². The molecule has 0 atom stereocenters. The third kappa shape index (κ3) is 7.11. The lowest BCUT2D eigenvalue weighted by Crippen LogP contribution is -2.05. The quantitative estimate of drug-likeness (QED) is 0.360. The summed E-state index contributed by atoms with van der Waals surface area (Å²) in [6.07, 6.45) is -4.44. The van der Waals surface area contributed by atoms with Crippen LogP contribution in [0, 0.1) is 5.39 Å². The minimum Gasteiger partial charge on any atom is -0.418 e. The van der Waals surface area contributed by atoms with Crippen LogP contribution in [-0.2, 0) is 6.18 Å². The highest BCUT2D eigenvalue weighted by atomic mass is 79.9. The van der Waals surface area contributed by atoms with Crippen molar-refractivity contribution in [1.82, 2.24) is 0 Å². The molecule has 0 saturated heterocycles. The minimum atomic E-state index is -6.00. The molecule has 0 fully saturated rings. The van der Waals surface area contributed by atoms with Crippen LogP contribution >= 0.6 is 15.9 Å². The molecule has 0 aliphatic rings.